The van der Waals surface area contributed by atoms with Gasteiger partial charge in [-0.1, -0.05) is 38.1 Å². The summed E-state index contributed by atoms with van der Waals surface area (Å²) < 4.78 is 5.41. The fourth-order valence-corrected chi connectivity index (χ4v) is 3.36. The highest BCUT2D eigenvalue weighted by molar-refractivity contribution is 5.79. The second-order valence-electron chi connectivity index (χ2n) is 7.61. The molecule has 2 rings (SSSR count). The smallest absolute Gasteiger partial charge is 0.257 e. The van der Waals surface area contributed by atoms with E-state index in [2.05, 4.69) is 70.5 Å². The number of hydrogen-bond acceptors (Lipinski definition) is 5. The highest BCUT2D eigenvalue weighted by Crippen LogP contribution is 2.19. The second-order valence-corrected chi connectivity index (χ2v) is 7.61. The van der Waals surface area contributed by atoms with Crippen molar-refractivity contribution < 1.29 is 4.52 Å². The Morgan fingerprint density at radius 1 is 1.23 bits per heavy atom. The Morgan fingerprint density at radius 2 is 2.03 bits per heavy atom. The van der Waals surface area contributed by atoms with Crippen molar-refractivity contribution in [2.45, 2.75) is 66.0 Å². The maximum Gasteiger partial charge on any atom is 0.257 e. The zero-order chi connectivity index (χ0) is 21.8. The minimum absolute atomic E-state index is 0.369. The van der Waals surface area contributed by atoms with Crippen molar-refractivity contribution in [2.75, 3.05) is 26.7 Å². The number of hydrogen-bond donors (Lipinski definition) is 2. The van der Waals surface area contributed by atoms with E-state index in [0.717, 1.165) is 61.8 Å². The number of aromatic nitrogens is 2. The van der Waals surface area contributed by atoms with Crippen LogP contribution < -0.4 is 10.6 Å². The normalized spacial score (nSPS) is 12.9. The van der Waals surface area contributed by atoms with Gasteiger partial charge in [0.15, 0.2) is 11.8 Å². The summed E-state index contributed by atoms with van der Waals surface area (Å²) in [4.78, 5) is 11.3. The van der Waals surface area contributed by atoms with E-state index in [1.165, 1.54) is 6.42 Å². The molecule has 7 heteroatoms. The summed E-state index contributed by atoms with van der Waals surface area (Å²) in [6.07, 6.45) is 4.13. The lowest BCUT2D eigenvalue weighted by molar-refractivity contribution is 0.292. The lowest BCUT2D eigenvalue weighted by Crippen LogP contribution is -2.42. The van der Waals surface area contributed by atoms with Crippen LogP contribution in [0.5, 0.6) is 0 Å². The van der Waals surface area contributed by atoms with Crippen LogP contribution in [0.3, 0.4) is 0 Å². The van der Waals surface area contributed by atoms with Crippen molar-refractivity contribution in [2.24, 2.45) is 4.99 Å². The van der Waals surface area contributed by atoms with Gasteiger partial charge in [0.1, 0.15) is 0 Å². The Labute approximate surface area is 181 Å². The van der Waals surface area contributed by atoms with Crippen molar-refractivity contribution in [3.05, 3.63) is 35.7 Å². The van der Waals surface area contributed by atoms with Crippen molar-refractivity contribution >= 4 is 5.96 Å². The van der Waals surface area contributed by atoms with Gasteiger partial charge in [-0.25, -0.2) is 0 Å². The van der Waals surface area contributed by atoms with Crippen LogP contribution in [0.25, 0.3) is 11.5 Å². The molecule has 7 nitrogen and oxygen atoms in total. The number of guanidine groups is 1. The molecule has 30 heavy (non-hydrogen) atoms. The first-order chi connectivity index (χ1) is 14.6. The Kier molecular flexibility index (Phi) is 10.3. The van der Waals surface area contributed by atoms with Gasteiger partial charge >= 0.3 is 0 Å². The van der Waals surface area contributed by atoms with Gasteiger partial charge < -0.3 is 20.1 Å². The fraction of sp³-hybridized carbons (Fsp3) is 0.609. The van der Waals surface area contributed by atoms with Crippen molar-refractivity contribution in [1.82, 2.24) is 25.7 Å². The lowest BCUT2D eigenvalue weighted by atomic mass is 10.1. The zero-order valence-corrected chi connectivity index (χ0v) is 19.2. The van der Waals surface area contributed by atoms with Crippen LogP contribution >= 0.6 is 0 Å². The van der Waals surface area contributed by atoms with E-state index in [9.17, 15) is 0 Å². The van der Waals surface area contributed by atoms with Gasteiger partial charge in [-0.15, -0.1) is 0 Å². The summed E-state index contributed by atoms with van der Waals surface area (Å²) in [7, 11) is 1.81. The molecule has 1 aromatic heterocycles. The third kappa shape index (κ3) is 7.78. The molecule has 1 heterocycles. The first-order valence-electron chi connectivity index (χ1n) is 11.2. The standard InChI is InChI=1S/C23H38N6O/c1-6-11-21-27-22(30-28-21)20-14-9-13-19(16-20)17-25-23(24-5)26-18(4)12-10-15-29(7-2)8-3/h9,13-14,16,18H,6-8,10-12,15,17H2,1-5H3,(H2,24,25,26). The summed E-state index contributed by atoms with van der Waals surface area (Å²) >= 11 is 0. The molecule has 0 radical (unpaired) electrons. The number of nitrogens with zero attached hydrogens (tertiary/aromatic N) is 4. The van der Waals surface area contributed by atoms with E-state index >= 15 is 0 Å². The predicted molar refractivity (Wildman–Crippen MR) is 124 cm³/mol. The van der Waals surface area contributed by atoms with Crippen LogP contribution in [0.2, 0.25) is 0 Å². The molecule has 166 valence electrons. The van der Waals surface area contributed by atoms with Gasteiger partial charge in [-0.05, 0) is 63.5 Å². The van der Waals surface area contributed by atoms with Crippen molar-refractivity contribution in [3.8, 4) is 11.5 Å². The van der Waals surface area contributed by atoms with Crippen LogP contribution in [0.15, 0.2) is 33.8 Å². The van der Waals surface area contributed by atoms with Crippen LogP contribution in [0.4, 0.5) is 0 Å². The summed E-state index contributed by atoms with van der Waals surface area (Å²) in [5, 5.41) is 10.9. The van der Waals surface area contributed by atoms with Crippen LogP contribution in [0, 0.1) is 0 Å². The van der Waals surface area contributed by atoms with E-state index in [1.807, 2.05) is 19.2 Å². The molecule has 0 amide bonds. The SMILES string of the molecule is CCCc1noc(-c2cccc(CNC(=NC)NC(C)CCCN(CC)CC)c2)n1. The van der Waals surface area contributed by atoms with Gasteiger partial charge in [-0.3, -0.25) is 4.99 Å². The molecule has 2 N–H and O–H groups in total. The predicted octanol–water partition coefficient (Wildman–Crippen LogP) is 3.86. The van der Waals surface area contributed by atoms with Crippen molar-refractivity contribution in [3.63, 3.8) is 0 Å². The van der Waals surface area contributed by atoms with Gasteiger partial charge in [0.25, 0.3) is 5.89 Å². The van der Waals surface area contributed by atoms with Crippen molar-refractivity contribution in [1.29, 1.82) is 0 Å². The monoisotopic (exact) mass is 414 g/mol. The highest BCUT2D eigenvalue weighted by Gasteiger charge is 2.10. The number of rotatable bonds is 12. The van der Waals surface area contributed by atoms with Gasteiger partial charge in [0.05, 0.1) is 0 Å². The molecule has 1 unspecified atom stereocenters. The van der Waals surface area contributed by atoms with Crippen LogP contribution in [-0.2, 0) is 13.0 Å². The molecule has 0 fully saturated rings. The highest BCUT2D eigenvalue weighted by atomic mass is 16.5. The first-order valence-corrected chi connectivity index (χ1v) is 11.2. The molecule has 0 aliphatic heterocycles. The van der Waals surface area contributed by atoms with Gasteiger partial charge in [0, 0.05) is 31.6 Å². The lowest BCUT2D eigenvalue weighted by Gasteiger charge is -2.21. The van der Waals surface area contributed by atoms with E-state index in [-0.39, 0.29) is 0 Å². The minimum atomic E-state index is 0.369. The molecule has 2 aromatic rings. The number of benzene rings is 1. The molecule has 0 spiro atoms. The molecular weight excluding hydrogens is 376 g/mol. The Balaban J connectivity index is 1.84. The topological polar surface area (TPSA) is 78.6 Å². The number of aryl methyl sites for hydroxylation is 1. The molecular formula is C23H38N6O. The third-order valence-electron chi connectivity index (χ3n) is 5.19. The van der Waals surface area contributed by atoms with Crippen LogP contribution in [0.1, 0.15) is 58.3 Å². The van der Waals surface area contributed by atoms with Gasteiger partial charge in [0.2, 0.25) is 0 Å². The second kappa shape index (κ2) is 13.0. The average molecular weight is 415 g/mol. The summed E-state index contributed by atoms with van der Waals surface area (Å²) in [6.45, 7) is 12.8. The third-order valence-corrected chi connectivity index (χ3v) is 5.19. The Hall–Kier alpha value is -2.41. The largest absolute Gasteiger partial charge is 0.354 e. The average Bonchev–Trinajstić information content (AvgIpc) is 3.23. The molecule has 0 aliphatic rings. The number of nitrogens with one attached hydrogen (secondary N) is 2. The molecule has 1 aromatic carbocycles. The molecule has 0 bridgehead atoms. The Morgan fingerprint density at radius 3 is 2.73 bits per heavy atom. The zero-order valence-electron chi connectivity index (χ0n) is 19.2. The van der Waals surface area contributed by atoms with E-state index in [4.69, 9.17) is 4.52 Å². The molecule has 0 saturated carbocycles. The quantitative estimate of drug-likeness (QED) is 0.406. The van der Waals surface area contributed by atoms with E-state index in [1.54, 1.807) is 0 Å². The molecule has 0 saturated heterocycles. The summed E-state index contributed by atoms with van der Waals surface area (Å²) in [6, 6.07) is 8.55. The minimum Gasteiger partial charge on any atom is -0.354 e. The maximum atomic E-state index is 5.41. The molecule has 0 aliphatic carbocycles. The Bertz CT molecular complexity index is 769. The molecule has 1 atom stereocenters. The van der Waals surface area contributed by atoms with E-state index < -0.39 is 0 Å². The van der Waals surface area contributed by atoms with E-state index in [0.29, 0.717) is 18.5 Å². The van der Waals surface area contributed by atoms with Crippen LogP contribution in [-0.4, -0.2) is 53.7 Å². The number of aliphatic imine (C=N–C) groups is 1. The maximum absolute atomic E-state index is 5.41. The fourth-order valence-electron chi connectivity index (χ4n) is 3.36. The van der Waals surface area contributed by atoms with Gasteiger partial charge in [-0.2, -0.15) is 4.98 Å². The summed E-state index contributed by atoms with van der Waals surface area (Å²) in [5.74, 6) is 2.15. The summed E-state index contributed by atoms with van der Waals surface area (Å²) in [5.41, 5.74) is 2.08. The first kappa shape index (κ1) is 23.9.